The molecular weight excluding hydrogens is 338 g/mol. The number of anilines is 2. The zero-order valence-corrected chi connectivity index (χ0v) is 15.3. The number of piperazine rings is 1. The standard InChI is InChI=1S/C20H21N7/c1-2-27-16-8-4-3-7-15(16)18-19(27)22-20(24-23-18)26-13-11-25(12-14-26)17-9-5-6-10-21-17/h3-10H,2,11-14H2,1H3. The Morgan fingerprint density at radius 2 is 1.67 bits per heavy atom. The fraction of sp³-hybridized carbons (Fsp3) is 0.300. The Balaban J connectivity index is 1.45. The molecule has 0 spiro atoms. The molecule has 1 fully saturated rings. The number of hydrogen-bond acceptors (Lipinski definition) is 6. The molecule has 0 saturated carbocycles. The van der Waals surface area contributed by atoms with Crippen LogP contribution in [-0.4, -0.2) is 50.9 Å². The van der Waals surface area contributed by atoms with Crippen molar-refractivity contribution in [2.45, 2.75) is 13.5 Å². The lowest BCUT2D eigenvalue weighted by atomic mass is 10.2. The van der Waals surface area contributed by atoms with E-state index in [2.05, 4.69) is 60.7 Å². The van der Waals surface area contributed by atoms with Crippen molar-refractivity contribution in [3.63, 3.8) is 0 Å². The minimum atomic E-state index is 0.709. The van der Waals surface area contributed by atoms with Crippen molar-refractivity contribution in [2.75, 3.05) is 36.0 Å². The Hall–Kier alpha value is -3.22. The summed E-state index contributed by atoms with van der Waals surface area (Å²) in [6, 6.07) is 14.3. The number of aryl methyl sites for hydroxylation is 1. The highest BCUT2D eigenvalue weighted by Gasteiger charge is 2.22. The summed E-state index contributed by atoms with van der Waals surface area (Å²) in [6.07, 6.45) is 1.84. The Kier molecular flexibility index (Phi) is 3.85. The Labute approximate surface area is 157 Å². The quantitative estimate of drug-likeness (QED) is 0.560. The van der Waals surface area contributed by atoms with Gasteiger partial charge in [-0.05, 0) is 25.1 Å². The first-order chi connectivity index (χ1) is 13.3. The Bertz CT molecular complexity index is 1080. The first-order valence-electron chi connectivity index (χ1n) is 9.37. The third kappa shape index (κ3) is 2.66. The number of hydrogen-bond donors (Lipinski definition) is 0. The van der Waals surface area contributed by atoms with E-state index in [-0.39, 0.29) is 0 Å². The fourth-order valence-electron chi connectivity index (χ4n) is 3.83. The minimum absolute atomic E-state index is 0.709. The molecule has 5 rings (SSSR count). The Morgan fingerprint density at radius 3 is 2.44 bits per heavy atom. The zero-order valence-electron chi connectivity index (χ0n) is 15.3. The smallest absolute Gasteiger partial charge is 0.247 e. The highest BCUT2D eigenvalue weighted by atomic mass is 15.4. The van der Waals surface area contributed by atoms with E-state index in [0.29, 0.717) is 5.95 Å². The molecule has 7 nitrogen and oxygen atoms in total. The van der Waals surface area contributed by atoms with E-state index in [4.69, 9.17) is 4.98 Å². The minimum Gasteiger partial charge on any atom is -0.353 e. The molecule has 0 bridgehead atoms. The number of para-hydroxylation sites is 1. The summed E-state index contributed by atoms with van der Waals surface area (Å²) in [5, 5.41) is 10.1. The van der Waals surface area contributed by atoms with Crippen molar-refractivity contribution in [1.82, 2.24) is 24.7 Å². The van der Waals surface area contributed by atoms with E-state index < -0.39 is 0 Å². The lowest BCUT2D eigenvalue weighted by Gasteiger charge is -2.35. The SMILES string of the molecule is CCn1c2ccccc2c2nnc(N3CCN(c4ccccn4)CC3)nc21. The molecule has 0 amide bonds. The fourth-order valence-corrected chi connectivity index (χ4v) is 3.83. The van der Waals surface area contributed by atoms with Crippen molar-refractivity contribution < 1.29 is 0 Å². The van der Waals surface area contributed by atoms with Crippen molar-refractivity contribution in [3.05, 3.63) is 48.7 Å². The van der Waals surface area contributed by atoms with Crippen LogP contribution in [0.1, 0.15) is 6.92 Å². The van der Waals surface area contributed by atoms with Crippen LogP contribution in [0.2, 0.25) is 0 Å². The molecule has 0 unspecified atom stereocenters. The highest BCUT2D eigenvalue weighted by molar-refractivity contribution is 6.04. The summed E-state index contributed by atoms with van der Waals surface area (Å²) >= 11 is 0. The second-order valence-electron chi connectivity index (χ2n) is 6.71. The molecule has 0 radical (unpaired) electrons. The summed E-state index contributed by atoms with van der Waals surface area (Å²) in [7, 11) is 0. The molecular formula is C20H21N7. The number of pyridine rings is 1. The summed E-state index contributed by atoms with van der Waals surface area (Å²) in [5.41, 5.74) is 2.95. The van der Waals surface area contributed by atoms with E-state index in [0.717, 1.165) is 60.6 Å². The van der Waals surface area contributed by atoms with Crippen LogP contribution in [-0.2, 0) is 6.54 Å². The van der Waals surface area contributed by atoms with Gasteiger partial charge in [-0.2, -0.15) is 4.98 Å². The van der Waals surface area contributed by atoms with Gasteiger partial charge in [0.1, 0.15) is 11.3 Å². The Morgan fingerprint density at radius 1 is 0.889 bits per heavy atom. The van der Waals surface area contributed by atoms with Crippen molar-refractivity contribution in [3.8, 4) is 0 Å². The van der Waals surface area contributed by atoms with E-state index in [1.807, 2.05) is 24.4 Å². The van der Waals surface area contributed by atoms with Gasteiger partial charge < -0.3 is 14.4 Å². The maximum atomic E-state index is 4.89. The van der Waals surface area contributed by atoms with Crippen molar-refractivity contribution in [2.24, 2.45) is 0 Å². The van der Waals surface area contributed by atoms with Crippen LogP contribution in [0.25, 0.3) is 22.1 Å². The van der Waals surface area contributed by atoms with Gasteiger partial charge in [0.15, 0.2) is 5.65 Å². The van der Waals surface area contributed by atoms with Crippen LogP contribution in [0.4, 0.5) is 11.8 Å². The lowest BCUT2D eigenvalue weighted by Crippen LogP contribution is -2.47. The molecule has 3 aromatic heterocycles. The monoisotopic (exact) mass is 359 g/mol. The topological polar surface area (TPSA) is 63.0 Å². The predicted molar refractivity (Wildman–Crippen MR) is 107 cm³/mol. The van der Waals surface area contributed by atoms with Gasteiger partial charge in [-0.15, -0.1) is 10.2 Å². The van der Waals surface area contributed by atoms with Gasteiger partial charge in [-0.1, -0.05) is 24.3 Å². The second-order valence-corrected chi connectivity index (χ2v) is 6.71. The summed E-state index contributed by atoms with van der Waals surface area (Å²) < 4.78 is 2.22. The van der Waals surface area contributed by atoms with Crippen LogP contribution < -0.4 is 9.80 Å². The molecule has 0 atom stereocenters. The highest BCUT2D eigenvalue weighted by Crippen LogP contribution is 2.27. The molecule has 1 aliphatic heterocycles. The number of benzene rings is 1. The molecule has 4 heterocycles. The van der Waals surface area contributed by atoms with Crippen LogP contribution in [0.15, 0.2) is 48.7 Å². The first-order valence-corrected chi connectivity index (χ1v) is 9.37. The van der Waals surface area contributed by atoms with E-state index in [1.54, 1.807) is 0 Å². The van der Waals surface area contributed by atoms with Gasteiger partial charge in [0.25, 0.3) is 0 Å². The molecule has 7 heteroatoms. The molecule has 27 heavy (non-hydrogen) atoms. The summed E-state index contributed by atoms with van der Waals surface area (Å²) in [4.78, 5) is 13.8. The average Bonchev–Trinajstić information content (AvgIpc) is 3.07. The number of fused-ring (bicyclic) bond motifs is 3. The van der Waals surface area contributed by atoms with Gasteiger partial charge in [-0.25, -0.2) is 4.98 Å². The molecule has 1 aliphatic rings. The van der Waals surface area contributed by atoms with Gasteiger partial charge in [-0.3, -0.25) is 0 Å². The van der Waals surface area contributed by atoms with Gasteiger partial charge in [0.2, 0.25) is 5.95 Å². The predicted octanol–water partition coefficient (Wildman–Crippen LogP) is 2.72. The number of rotatable bonds is 3. The number of aromatic nitrogens is 5. The maximum Gasteiger partial charge on any atom is 0.247 e. The summed E-state index contributed by atoms with van der Waals surface area (Å²) in [6.45, 7) is 6.51. The van der Waals surface area contributed by atoms with Gasteiger partial charge >= 0.3 is 0 Å². The van der Waals surface area contributed by atoms with Crippen molar-refractivity contribution in [1.29, 1.82) is 0 Å². The van der Waals surface area contributed by atoms with Crippen LogP contribution in [0, 0.1) is 0 Å². The number of nitrogens with zero attached hydrogens (tertiary/aromatic N) is 7. The van der Waals surface area contributed by atoms with Crippen LogP contribution in [0.5, 0.6) is 0 Å². The molecule has 0 aliphatic carbocycles. The third-order valence-electron chi connectivity index (χ3n) is 5.21. The van der Waals surface area contributed by atoms with E-state index in [1.165, 1.54) is 0 Å². The largest absolute Gasteiger partial charge is 0.353 e. The van der Waals surface area contributed by atoms with Crippen molar-refractivity contribution >= 4 is 33.8 Å². The summed E-state index contributed by atoms with van der Waals surface area (Å²) in [5.74, 6) is 1.73. The molecule has 0 N–H and O–H groups in total. The first kappa shape index (κ1) is 16.0. The molecule has 136 valence electrons. The third-order valence-corrected chi connectivity index (χ3v) is 5.21. The average molecular weight is 359 g/mol. The van der Waals surface area contributed by atoms with Crippen LogP contribution >= 0.6 is 0 Å². The second kappa shape index (κ2) is 6.50. The van der Waals surface area contributed by atoms with Gasteiger partial charge in [0, 0.05) is 44.3 Å². The molecule has 4 aromatic rings. The van der Waals surface area contributed by atoms with E-state index >= 15 is 0 Å². The maximum absolute atomic E-state index is 4.89. The normalized spacial score (nSPS) is 15.0. The molecule has 1 saturated heterocycles. The zero-order chi connectivity index (χ0) is 18.2. The van der Waals surface area contributed by atoms with Crippen LogP contribution in [0.3, 0.4) is 0 Å². The lowest BCUT2D eigenvalue weighted by molar-refractivity contribution is 0.631. The van der Waals surface area contributed by atoms with Gasteiger partial charge in [0.05, 0.1) is 5.52 Å². The van der Waals surface area contributed by atoms with E-state index in [9.17, 15) is 0 Å². The molecule has 1 aromatic carbocycles.